The fraction of sp³-hybridized carbons (Fsp3) is 0.621. The molecule has 0 bridgehead atoms. The Morgan fingerprint density at radius 3 is 0.875 bits per heavy atom. The molecule has 0 aromatic carbocycles. The van der Waals surface area contributed by atoms with E-state index in [9.17, 15) is 14.4 Å². The van der Waals surface area contributed by atoms with Gasteiger partial charge in [0.15, 0.2) is 6.10 Å². The Hall–Kier alpha value is -4.45. The molecule has 0 aliphatic heterocycles. The number of hydrogen-bond donors (Lipinski definition) is 0. The van der Waals surface area contributed by atoms with Gasteiger partial charge in [-0.3, -0.25) is 14.4 Å². The summed E-state index contributed by atoms with van der Waals surface area (Å²) in [6.07, 6.45) is 83.0. The summed E-state index contributed by atoms with van der Waals surface area (Å²) in [6, 6.07) is 0. The summed E-state index contributed by atoms with van der Waals surface area (Å²) in [7, 11) is 0. The first-order valence-corrected chi connectivity index (χ1v) is 29.2. The molecule has 0 aromatic heterocycles. The van der Waals surface area contributed by atoms with Gasteiger partial charge in [-0.25, -0.2) is 0 Å². The summed E-state index contributed by atoms with van der Waals surface area (Å²) in [4.78, 5) is 38.2. The normalized spacial score (nSPS) is 13.1. The lowest BCUT2D eigenvalue weighted by atomic mass is 10.1. The molecule has 0 amide bonds. The zero-order chi connectivity index (χ0) is 52.2. The molecule has 0 aliphatic rings. The minimum absolute atomic E-state index is 0.107. The predicted molar refractivity (Wildman–Crippen MR) is 311 cm³/mol. The van der Waals surface area contributed by atoms with Gasteiger partial charge in [-0.1, -0.05) is 231 Å². The molecule has 0 fully saturated rings. The molecule has 0 aliphatic carbocycles. The number of carbonyl (C=O) groups excluding carboxylic acids is 3. The fourth-order valence-electron chi connectivity index (χ4n) is 7.53. The SMILES string of the molecule is CC/C=C\C/C=C\C/C=C\C/C=C\C/C=C\CCCCCCCCCCCC(=O)OCC(COC(=O)CCCCCCC/C=C\C/C=C\CCCC)OC(=O)CCCC/C=C\C/C=C\C/C=C\C/C=C\CC. The quantitative estimate of drug-likeness (QED) is 0.0261. The van der Waals surface area contributed by atoms with Crippen LogP contribution in [-0.4, -0.2) is 37.2 Å². The van der Waals surface area contributed by atoms with E-state index in [2.05, 4.69) is 154 Å². The molecule has 72 heavy (non-hydrogen) atoms. The van der Waals surface area contributed by atoms with Gasteiger partial charge in [0.2, 0.25) is 0 Å². The predicted octanol–water partition coefficient (Wildman–Crippen LogP) is 19.8. The number of unbranched alkanes of at least 4 members (excludes halogenated alkanes) is 18. The highest BCUT2D eigenvalue weighted by atomic mass is 16.6. The van der Waals surface area contributed by atoms with Crippen LogP contribution >= 0.6 is 0 Å². The van der Waals surface area contributed by atoms with Gasteiger partial charge in [-0.05, 0) is 128 Å². The Kier molecular flexibility index (Phi) is 55.5. The number of rotatable bonds is 51. The fourth-order valence-corrected chi connectivity index (χ4v) is 7.53. The van der Waals surface area contributed by atoms with E-state index in [1.165, 1.54) is 57.8 Å². The number of carbonyl (C=O) groups is 3. The molecule has 0 aromatic rings. The van der Waals surface area contributed by atoms with Crippen LogP contribution in [0.15, 0.2) is 134 Å². The molecule has 6 heteroatoms. The highest BCUT2D eigenvalue weighted by Crippen LogP contribution is 2.14. The van der Waals surface area contributed by atoms with Crippen molar-refractivity contribution in [2.24, 2.45) is 0 Å². The smallest absolute Gasteiger partial charge is 0.306 e. The van der Waals surface area contributed by atoms with Gasteiger partial charge in [0.25, 0.3) is 0 Å². The first-order chi connectivity index (χ1) is 35.5. The van der Waals surface area contributed by atoms with Crippen LogP contribution in [0.5, 0.6) is 0 Å². The van der Waals surface area contributed by atoms with Crippen molar-refractivity contribution in [3.8, 4) is 0 Å². The van der Waals surface area contributed by atoms with E-state index in [4.69, 9.17) is 14.2 Å². The number of hydrogen-bond acceptors (Lipinski definition) is 6. The zero-order valence-corrected chi connectivity index (χ0v) is 46.4. The Bertz CT molecular complexity index is 1560. The van der Waals surface area contributed by atoms with Gasteiger partial charge in [0.05, 0.1) is 0 Å². The topological polar surface area (TPSA) is 78.9 Å². The Morgan fingerprint density at radius 2 is 0.542 bits per heavy atom. The van der Waals surface area contributed by atoms with E-state index in [1.54, 1.807) is 0 Å². The van der Waals surface area contributed by atoms with Gasteiger partial charge in [-0.2, -0.15) is 0 Å². The molecule has 406 valence electrons. The number of esters is 3. The zero-order valence-electron chi connectivity index (χ0n) is 46.4. The molecule has 0 radical (unpaired) electrons. The van der Waals surface area contributed by atoms with Crippen LogP contribution in [0.25, 0.3) is 0 Å². The van der Waals surface area contributed by atoms with Gasteiger partial charge >= 0.3 is 17.9 Å². The van der Waals surface area contributed by atoms with E-state index in [0.29, 0.717) is 19.3 Å². The van der Waals surface area contributed by atoms with E-state index in [0.717, 1.165) is 141 Å². The van der Waals surface area contributed by atoms with Crippen molar-refractivity contribution in [2.45, 2.75) is 252 Å². The minimum Gasteiger partial charge on any atom is -0.462 e. The summed E-state index contributed by atoms with van der Waals surface area (Å²) in [5.74, 6) is -0.972. The summed E-state index contributed by atoms with van der Waals surface area (Å²) in [6.45, 7) is 6.31. The van der Waals surface area contributed by atoms with Gasteiger partial charge < -0.3 is 14.2 Å². The average molecular weight is 996 g/mol. The van der Waals surface area contributed by atoms with E-state index in [-0.39, 0.29) is 37.5 Å². The van der Waals surface area contributed by atoms with Gasteiger partial charge in [0, 0.05) is 19.3 Å². The summed E-state index contributed by atoms with van der Waals surface area (Å²) >= 11 is 0. The van der Waals surface area contributed by atoms with Crippen molar-refractivity contribution in [1.82, 2.24) is 0 Å². The van der Waals surface area contributed by atoms with E-state index >= 15 is 0 Å². The second-order valence-electron chi connectivity index (χ2n) is 18.8. The summed E-state index contributed by atoms with van der Waals surface area (Å²) < 4.78 is 16.8. The molecule has 0 rings (SSSR count). The number of ether oxygens (including phenoxy) is 3. The number of allylic oxidation sites excluding steroid dienone is 22. The molecule has 0 spiro atoms. The van der Waals surface area contributed by atoms with Crippen molar-refractivity contribution >= 4 is 17.9 Å². The first-order valence-electron chi connectivity index (χ1n) is 29.2. The monoisotopic (exact) mass is 995 g/mol. The lowest BCUT2D eigenvalue weighted by Gasteiger charge is -2.18. The minimum atomic E-state index is -0.813. The molecule has 0 heterocycles. The Labute approximate surface area is 443 Å². The van der Waals surface area contributed by atoms with Crippen molar-refractivity contribution in [2.75, 3.05) is 13.2 Å². The van der Waals surface area contributed by atoms with Crippen LogP contribution in [0.1, 0.15) is 245 Å². The maximum atomic E-state index is 12.8. The van der Waals surface area contributed by atoms with Crippen molar-refractivity contribution in [3.05, 3.63) is 134 Å². The molecular formula is C66H106O6. The maximum Gasteiger partial charge on any atom is 0.306 e. The van der Waals surface area contributed by atoms with Crippen LogP contribution in [0.2, 0.25) is 0 Å². The van der Waals surface area contributed by atoms with Crippen molar-refractivity contribution < 1.29 is 28.6 Å². The molecule has 0 saturated carbocycles. The molecule has 0 N–H and O–H groups in total. The maximum absolute atomic E-state index is 12.8. The van der Waals surface area contributed by atoms with E-state index < -0.39 is 6.10 Å². The highest BCUT2D eigenvalue weighted by molar-refractivity contribution is 5.71. The third-order valence-electron chi connectivity index (χ3n) is 11.9. The molecule has 6 nitrogen and oxygen atoms in total. The average Bonchev–Trinajstić information content (AvgIpc) is 3.38. The van der Waals surface area contributed by atoms with Crippen LogP contribution in [0.4, 0.5) is 0 Å². The highest BCUT2D eigenvalue weighted by Gasteiger charge is 2.19. The third-order valence-corrected chi connectivity index (χ3v) is 11.9. The largest absolute Gasteiger partial charge is 0.462 e. The lowest BCUT2D eigenvalue weighted by molar-refractivity contribution is -0.167. The van der Waals surface area contributed by atoms with E-state index in [1.807, 2.05) is 0 Å². The third kappa shape index (κ3) is 56.5. The Balaban J connectivity index is 4.41. The Morgan fingerprint density at radius 1 is 0.292 bits per heavy atom. The molecule has 0 saturated heterocycles. The van der Waals surface area contributed by atoms with Crippen molar-refractivity contribution in [1.29, 1.82) is 0 Å². The van der Waals surface area contributed by atoms with Crippen molar-refractivity contribution in [3.63, 3.8) is 0 Å². The summed E-state index contributed by atoms with van der Waals surface area (Å²) in [5, 5.41) is 0. The molecule has 1 unspecified atom stereocenters. The first kappa shape index (κ1) is 67.5. The molecular weight excluding hydrogens is 889 g/mol. The van der Waals surface area contributed by atoms with Crippen LogP contribution in [-0.2, 0) is 28.6 Å². The van der Waals surface area contributed by atoms with Crippen LogP contribution in [0, 0.1) is 0 Å². The van der Waals surface area contributed by atoms with Crippen LogP contribution in [0.3, 0.4) is 0 Å². The second-order valence-corrected chi connectivity index (χ2v) is 18.8. The van der Waals surface area contributed by atoms with Gasteiger partial charge in [0.1, 0.15) is 13.2 Å². The lowest BCUT2D eigenvalue weighted by Crippen LogP contribution is -2.30. The molecule has 1 atom stereocenters. The standard InChI is InChI=1S/C66H106O6/c1-4-7-10-13-16-19-22-25-28-29-30-31-32-33-34-35-36-37-39-41-44-47-50-53-56-59-65(68)71-62-63(61-70-64(67)58-55-52-49-46-43-40-27-24-21-18-15-12-9-6-3)72-66(69)60-57-54-51-48-45-42-38-26-23-20-17-14-11-8-5-2/h7-8,10-11,15-20,24-28,30-31,33-34,38,45,48,63H,4-6,9,12-14,21-23,29,32,35-37,39-44,46-47,49-62H2,1-3H3/b10-7-,11-8-,18-15-,19-16-,20-17-,27-24-,28-25-,31-30-,34-33-,38-26-,48-45-. The van der Waals surface area contributed by atoms with Crippen LogP contribution < -0.4 is 0 Å². The second kappa shape index (κ2) is 59.1. The summed E-state index contributed by atoms with van der Waals surface area (Å²) in [5.41, 5.74) is 0. The van der Waals surface area contributed by atoms with Gasteiger partial charge in [-0.15, -0.1) is 0 Å².